The van der Waals surface area contributed by atoms with E-state index in [1.165, 1.54) is 12.3 Å². The van der Waals surface area contributed by atoms with Gasteiger partial charge in [-0.05, 0) is 13.8 Å². The van der Waals surface area contributed by atoms with Crippen LogP contribution in [0.3, 0.4) is 0 Å². The van der Waals surface area contributed by atoms with Gasteiger partial charge >= 0.3 is 11.9 Å². The molecule has 0 saturated heterocycles. The van der Waals surface area contributed by atoms with Gasteiger partial charge in [0.2, 0.25) is 0 Å². The lowest BCUT2D eigenvalue weighted by atomic mass is 9.94. The summed E-state index contributed by atoms with van der Waals surface area (Å²) in [7, 11) is 0. The van der Waals surface area contributed by atoms with Crippen molar-refractivity contribution in [2.45, 2.75) is 20.8 Å². The quantitative estimate of drug-likeness (QED) is 0.488. The predicted molar refractivity (Wildman–Crippen MR) is 69.5 cm³/mol. The molecule has 0 aliphatic heterocycles. The van der Waals surface area contributed by atoms with E-state index in [2.05, 4.69) is 11.6 Å². The van der Waals surface area contributed by atoms with Crippen LogP contribution < -0.4 is 0 Å². The van der Waals surface area contributed by atoms with Gasteiger partial charge in [0, 0.05) is 6.21 Å². The van der Waals surface area contributed by atoms with Crippen LogP contribution in [-0.2, 0) is 19.1 Å². The lowest BCUT2D eigenvalue weighted by molar-refractivity contribution is -0.159. The summed E-state index contributed by atoms with van der Waals surface area (Å²) in [5, 5.41) is 0. The van der Waals surface area contributed by atoms with E-state index in [0.29, 0.717) is 0 Å². The van der Waals surface area contributed by atoms with Gasteiger partial charge in [-0.15, -0.1) is 0 Å². The van der Waals surface area contributed by atoms with Crippen LogP contribution in [0.25, 0.3) is 0 Å². The van der Waals surface area contributed by atoms with Crippen molar-refractivity contribution in [2.75, 3.05) is 19.8 Å². The van der Waals surface area contributed by atoms with E-state index in [9.17, 15) is 9.59 Å². The van der Waals surface area contributed by atoms with E-state index in [4.69, 9.17) is 9.47 Å². The van der Waals surface area contributed by atoms with Gasteiger partial charge in [-0.2, -0.15) is 0 Å². The fraction of sp³-hybridized carbons (Fsp3) is 0.615. The molecule has 5 nitrogen and oxygen atoms in total. The van der Waals surface area contributed by atoms with E-state index >= 15 is 0 Å². The molecular formula is C13H21NO4. The van der Waals surface area contributed by atoms with Crippen molar-refractivity contribution < 1.29 is 19.1 Å². The molecule has 0 radical (unpaired) electrons. The van der Waals surface area contributed by atoms with Crippen molar-refractivity contribution in [3.8, 4) is 0 Å². The smallest absolute Gasteiger partial charge is 0.311 e. The number of hydrogen-bond acceptors (Lipinski definition) is 5. The first-order valence-corrected chi connectivity index (χ1v) is 6.02. The fourth-order valence-electron chi connectivity index (χ4n) is 1.37. The molecule has 1 unspecified atom stereocenters. The number of carbonyl (C=O) groups excluding carboxylic acids is 2. The van der Waals surface area contributed by atoms with Gasteiger partial charge in [0.05, 0.1) is 31.6 Å². The van der Waals surface area contributed by atoms with E-state index in [-0.39, 0.29) is 19.8 Å². The Morgan fingerprint density at radius 3 is 2.28 bits per heavy atom. The summed E-state index contributed by atoms with van der Waals surface area (Å²) in [4.78, 5) is 27.4. The molecule has 0 rings (SSSR count). The number of ether oxygens (including phenoxy) is 2. The summed E-state index contributed by atoms with van der Waals surface area (Å²) in [6, 6.07) is 0. The van der Waals surface area contributed by atoms with Crippen LogP contribution in [0.15, 0.2) is 17.6 Å². The Morgan fingerprint density at radius 2 is 1.78 bits per heavy atom. The molecule has 0 bridgehead atoms. The Kier molecular flexibility index (Phi) is 8.53. The molecule has 0 saturated carbocycles. The zero-order chi connectivity index (χ0) is 14.0. The van der Waals surface area contributed by atoms with Crippen LogP contribution in [0.1, 0.15) is 20.8 Å². The highest BCUT2D eigenvalue weighted by molar-refractivity contribution is 5.82. The second-order valence-electron chi connectivity index (χ2n) is 3.65. The lowest BCUT2D eigenvalue weighted by Crippen LogP contribution is -2.32. The monoisotopic (exact) mass is 255 g/mol. The van der Waals surface area contributed by atoms with Crippen LogP contribution in [0.2, 0.25) is 0 Å². The maximum atomic E-state index is 11.8. The van der Waals surface area contributed by atoms with Gasteiger partial charge < -0.3 is 9.47 Å². The largest absolute Gasteiger partial charge is 0.466 e. The first kappa shape index (κ1) is 16.4. The molecule has 0 N–H and O–H groups in total. The minimum atomic E-state index is -0.625. The van der Waals surface area contributed by atoms with Crippen LogP contribution in [0, 0.1) is 11.8 Å². The van der Waals surface area contributed by atoms with Crippen LogP contribution in [0.4, 0.5) is 0 Å². The number of rotatable bonds is 8. The highest BCUT2D eigenvalue weighted by Crippen LogP contribution is 2.16. The van der Waals surface area contributed by atoms with Crippen molar-refractivity contribution in [1.82, 2.24) is 0 Å². The first-order chi connectivity index (χ1) is 8.58. The second-order valence-corrected chi connectivity index (χ2v) is 3.65. The van der Waals surface area contributed by atoms with Gasteiger partial charge in [0.25, 0.3) is 0 Å². The summed E-state index contributed by atoms with van der Waals surface area (Å²) in [6.45, 7) is 9.32. The summed E-state index contributed by atoms with van der Waals surface area (Å²) < 4.78 is 9.84. The third-order valence-electron chi connectivity index (χ3n) is 2.36. The summed E-state index contributed by atoms with van der Waals surface area (Å²) >= 11 is 0. The minimum Gasteiger partial charge on any atom is -0.466 e. The Balaban J connectivity index is 4.72. The van der Waals surface area contributed by atoms with Gasteiger partial charge in [-0.3, -0.25) is 14.6 Å². The number of aliphatic imine (C=N–C) groups is 1. The molecule has 5 heteroatoms. The molecule has 0 heterocycles. The molecule has 0 aliphatic carbocycles. The molecule has 102 valence electrons. The average molecular weight is 255 g/mol. The van der Waals surface area contributed by atoms with Crippen molar-refractivity contribution in [2.24, 2.45) is 16.8 Å². The zero-order valence-corrected chi connectivity index (χ0v) is 11.2. The molecular weight excluding hydrogens is 234 g/mol. The summed E-state index contributed by atoms with van der Waals surface area (Å²) in [5.74, 6) is -2.05. The van der Waals surface area contributed by atoms with Crippen LogP contribution in [0.5, 0.6) is 0 Å². The second kappa shape index (κ2) is 9.39. The van der Waals surface area contributed by atoms with Crippen LogP contribution in [-0.4, -0.2) is 37.9 Å². The average Bonchev–Trinajstić information content (AvgIpc) is 2.34. The van der Waals surface area contributed by atoms with Crippen molar-refractivity contribution in [1.29, 1.82) is 0 Å². The Bertz CT molecular complexity index is 312. The highest BCUT2D eigenvalue weighted by Gasteiger charge is 2.32. The van der Waals surface area contributed by atoms with Crippen molar-refractivity contribution >= 4 is 18.2 Å². The third kappa shape index (κ3) is 5.61. The molecule has 2 atom stereocenters. The minimum absolute atomic E-state index is 0.185. The van der Waals surface area contributed by atoms with E-state index in [0.717, 1.165) is 0 Å². The molecule has 0 aromatic carbocycles. The number of carbonyl (C=O) groups is 2. The summed E-state index contributed by atoms with van der Waals surface area (Å²) in [5.41, 5.74) is 0. The van der Waals surface area contributed by atoms with E-state index in [1.807, 2.05) is 0 Å². The lowest BCUT2D eigenvalue weighted by Gasteiger charge is -2.19. The van der Waals surface area contributed by atoms with E-state index in [1.54, 1.807) is 20.8 Å². The topological polar surface area (TPSA) is 65.0 Å². The predicted octanol–water partition coefficient (Wildman–Crippen LogP) is 1.62. The normalized spacial score (nSPS) is 13.9. The first-order valence-electron chi connectivity index (χ1n) is 6.02. The van der Waals surface area contributed by atoms with Crippen molar-refractivity contribution in [3.05, 3.63) is 12.7 Å². The SMILES string of the molecule is C=CC=NC[C@@H](C(=O)OCC)C(C)C(=O)OCC. The van der Waals surface area contributed by atoms with Crippen LogP contribution >= 0.6 is 0 Å². The highest BCUT2D eigenvalue weighted by atomic mass is 16.5. The van der Waals surface area contributed by atoms with Gasteiger partial charge in [-0.25, -0.2) is 0 Å². The van der Waals surface area contributed by atoms with Gasteiger partial charge in [0.15, 0.2) is 0 Å². The maximum Gasteiger partial charge on any atom is 0.311 e. The zero-order valence-electron chi connectivity index (χ0n) is 11.2. The van der Waals surface area contributed by atoms with Crippen molar-refractivity contribution in [3.63, 3.8) is 0 Å². The van der Waals surface area contributed by atoms with E-state index < -0.39 is 23.8 Å². The molecule has 0 amide bonds. The third-order valence-corrected chi connectivity index (χ3v) is 2.36. The number of nitrogens with zero attached hydrogens (tertiary/aromatic N) is 1. The number of allylic oxidation sites excluding steroid dienone is 1. The molecule has 0 aromatic rings. The van der Waals surface area contributed by atoms with Gasteiger partial charge in [0.1, 0.15) is 0 Å². The molecule has 0 aliphatic rings. The molecule has 0 aromatic heterocycles. The molecule has 0 fully saturated rings. The number of esters is 2. The maximum absolute atomic E-state index is 11.8. The summed E-state index contributed by atoms with van der Waals surface area (Å²) in [6.07, 6.45) is 3.00. The fourth-order valence-corrected chi connectivity index (χ4v) is 1.37. The number of hydrogen-bond donors (Lipinski definition) is 0. The Hall–Kier alpha value is -1.65. The molecule has 0 spiro atoms. The Labute approximate surface area is 108 Å². The molecule has 18 heavy (non-hydrogen) atoms. The standard InChI is InChI=1S/C13H21NO4/c1-5-8-14-9-11(13(16)18-7-3)10(4)12(15)17-6-2/h5,8,10-11H,1,6-7,9H2,2-4H3/t10?,11-/m1/s1. The Morgan fingerprint density at radius 1 is 1.22 bits per heavy atom. The van der Waals surface area contributed by atoms with Gasteiger partial charge in [-0.1, -0.05) is 19.6 Å².